The molecule has 1 aliphatic rings. The van der Waals surface area contributed by atoms with Gasteiger partial charge in [-0.2, -0.15) is 0 Å². The number of amides is 1. The van der Waals surface area contributed by atoms with Gasteiger partial charge in [0.05, 0.1) is 0 Å². The zero-order valence-electron chi connectivity index (χ0n) is 14.9. The molecule has 0 aromatic carbocycles. The molecule has 3 rings (SSSR count). The number of hydrogen-bond donors (Lipinski definition) is 2. The fourth-order valence-electron chi connectivity index (χ4n) is 2.94. The van der Waals surface area contributed by atoms with E-state index in [1.165, 1.54) is 0 Å². The predicted molar refractivity (Wildman–Crippen MR) is 96.5 cm³/mol. The highest BCUT2D eigenvalue weighted by Gasteiger charge is 2.24. The van der Waals surface area contributed by atoms with E-state index in [9.17, 15) is 4.79 Å². The van der Waals surface area contributed by atoms with Gasteiger partial charge in [-0.3, -0.25) is 9.78 Å². The van der Waals surface area contributed by atoms with Crippen LogP contribution in [-0.2, 0) is 6.54 Å². The third kappa shape index (κ3) is 3.76. The van der Waals surface area contributed by atoms with Gasteiger partial charge < -0.3 is 16.0 Å². The first kappa shape index (κ1) is 17.3. The van der Waals surface area contributed by atoms with Crippen molar-refractivity contribution in [3.63, 3.8) is 0 Å². The Balaban J connectivity index is 1.78. The van der Waals surface area contributed by atoms with E-state index >= 15 is 0 Å². The second-order valence-electron chi connectivity index (χ2n) is 6.56. The van der Waals surface area contributed by atoms with Crippen LogP contribution in [0.4, 0.5) is 5.82 Å². The third-order valence-corrected chi connectivity index (χ3v) is 4.68. The molecule has 0 spiro atoms. The lowest BCUT2D eigenvalue weighted by atomic mass is 10.1. The number of nitrogens with two attached hydrogens (primary N) is 1. The maximum atomic E-state index is 12.5. The van der Waals surface area contributed by atoms with Crippen LogP contribution in [0.1, 0.15) is 39.4 Å². The minimum atomic E-state index is -0.281. The first-order valence-corrected chi connectivity index (χ1v) is 8.49. The molecule has 7 heteroatoms. The minimum absolute atomic E-state index is 0.153. The largest absolute Gasteiger partial charge is 0.355 e. The topological polar surface area (TPSA) is 97.0 Å². The van der Waals surface area contributed by atoms with Gasteiger partial charge in [-0.15, -0.1) is 0 Å². The molecule has 0 aliphatic carbocycles. The van der Waals surface area contributed by atoms with Crippen molar-refractivity contribution < 1.29 is 4.79 Å². The summed E-state index contributed by atoms with van der Waals surface area (Å²) in [5, 5.41) is 2.88. The molecule has 2 aromatic rings. The molecule has 0 saturated carbocycles. The summed E-state index contributed by atoms with van der Waals surface area (Å²) in [5.74, 6) is 0.722. The molecular weight excluding hydrogens is 316 g/mol. The molecule has 1 saturated heterocycles. The Bertz CT molecular complexity index is 791. The Morgan fingerprint density at radius 2 is 2.16 bits per heavy atom. The number of carbonyl (C=O) groups excluding carboxylic acids is 1. The van der Waals surface area contributed by atoms with Crippen LogP contribution in [0.3, 0.4) is 0 Å². The zero-order valence-corrected chi connectivity index (χ0v) is 14.9. The van der Waals surface area contributed by atoms with Crippen molar-refractivity contribution in [2.45, 2.75) is 39.8 Å². The molecule has 0 unspecified atom stereocenters. The molecule has 7 nitrogen and oxygen atoms in total. The molecule has 3 heterocycles. The van der Waals surface area contributed by atoms with E-state index in [0.29, 0.717) is 6.54 Å². The number of hydrogen-bond acceptors (Lipinski definition) is 6. The molecule has 1 fully saturated rings. The normalized spacial score (nSPS) is 17.0. The summed E-state index contributed by atoms with van der Waals surface area (Å²) in [5.41, 5.74) is 9.88. The molecule has 1 atom stereocenters. The molecule has 1 aliphatic heterocycles. The van der Waals surface area contributed by atoms with Crippen LogP contribution in [0.15, 0.2) is 18.5 Å². The first-order valence-electron chi connectivity index (χ1n) is 8.49. The summed E-state index contributed by atoms with van der Waals surface area (Å²) >= 11 is 0. The molecule has 0 radical (unpaired) electrons. The molecule has 2 aromatic heterocycles. The van der Waals surface area contributed by atoms with Gasteiger partial charge in [-0.25, -0.2) is 9.97 Å². The van der Waals surface area contributed by atoms with Crippen LogP contribution < -0.4 is 16.0 Å². The average Bonchev–Trinajstić information content (AvgIpc) is 3.02. The third-order valence-electron chi connectivity index (χ3n) is 4.68. The fourth-order valence-corrected chi connectivity index (χ4v) is 2.94. The second kappa shape index (κ2) is 7.14. The van der Waals surface area contributed by atoms with E-state index in [4.69, 9.17) is 5.73 Å². The van der Waals surface area contributed by atoms with Crippen LogP contribution in [-0.4, -0.2) is 40.0 Å². The Morgan fingerprint density at radius 1 is 1.36 bits per heavy atom. The number of nitrogens with zero attached hydrogens (tertiary/aromatic N) is 4. The number of aryl methyl sites for hydroxylation is 2. The molecule has 25 heavy (non-hydrogen) atoms. The fraction of sp³-hybridized carbons (Fsp3) is 0.444. The second-order valence-corrected chi connectivity index (χ2v) is 6.56. The van der Waals surface area contributed by atoms with E-state index in [1.807, 2.05) is 26.8 Å². The van der Waals surface area contributed by atoms with Crippen LogP contribution >= 0.6 is 0 Å². The van der Waals surface area contributed by atoms with Gasteiger partial charge in [-0.1, -0.05) is 0 Å². The number of rotatable bonds is 4. The van der Waals surface area contributed by atoms with Crippen LogP contribution in [0, 0.1) is 20.8 Å². The van der Waals surface area contributed by atoms with E-state index in [-0.39, 0.29) is 17.8 Å². The summed E-state index contributed by atoms with van der Waals surface area (Å²) in [6, 6.07) is 2.07. The Hall–Kier alpha value is -2.54. The standard InChI is InChI=1S/C18H24N6O/c1-11-4-6-20-8-14(11)9-21-18(25)16-22-13(3)12(2)17(23-16)24-7-5-15(19)10-24/h4,6,8,15H,5,7,9-10,19H2,1-3H3,(H,21,25)/t15-/m1/s1. The van der Waals surface area contributed by atoms with Gasteiger partial charge >= 0.3 is 0 Å². The Morgan fingerprint density at radius 3 is 2.84 bits per heavy atom. The van der Waals surface area contributed by atoms with Gasteiger partial charge in [0.1, 0.15) is 5.82 Å². The summed E-state index contributed by atoms with van der Waals surface area (Å²) in [4.78, 5) is 27.6. The monoisotopic (exact) mass is 340 g/mol. The van der Waals surface area contributed by atoms with Gasteiger partial charge in [-0.05, 0) is 44.4 Å². The average molecular weight is 340 g/mol. The molecular formula is C18H24N6O. The van der Waals surface area contributed by atoms with Gasteiger partial charge in [0.25, 0.3) is 5.91 Å². The predicted octanol–water partition coefficient (Wildman–Crippen LogP) is 1.26. The summed E-state index contributed by atoms with van der Waals surface area (Å²) in [6.07, 6.45) is 4.43. The van der Waals surface area contributed by atoms with Crippen molar-refractivity contribution in [2.24, 2.45) is 5.73 Å². The molecule has 132 valence electrons. The first-order chi connectivity index (χ1) is 12.0. The lowest BCUT2D eigenvalue weighted by Crippen LogP contribution is -2.30. The van der Waals surface area contributed by atoms with Crippen molar-refractivity contribution >= 4 is 11.7 Å². The number of carbonyl (C=O) groups is 1. The number of nitrogens with one attached hydrogen (secondary N) is 1. The van der Waals surface area contributed by atoms with Crippen molar-refractivity contribution in [2.75, 3.05) is 18.0 Å². The minimum Gasteiger partial charge on any atom is -0.355 e. The number of aromatic nitrogens is 3. The van der Waals surface area contributed by atoms with Gasteiger partial charge in [0, 0.05) is 49.3 Å². The van der Waals surface area contributed by atoms with Crippen molar-refractivity contribution in [1.82, 2.24) is 20.3 Å². The molecule has 3 N–H and O–H groups in total. The Kier molecular flexibility index (Phi) is 4.94. The van der Waals surface area contributed by atoms with Gasteiger partial charge in [0.2, 0.25) is 5.82 Å². The SMILES string of the molecule is Cc1ccncc1CNC(=O)c1nc(C)c(C)c(N2CC[C@@H](N)C2)n1. The lowest BCUT2D eigenvalue weighted by Gasteiger charge is -2.20. The maximum Gasteiger partial charge on any atom is 0.289 e. The van der Waals surface area contributed by atoms with E-state index in [0.717, 1.165) is 47.7 Å². The number of anilines is 1. The van der Waals surface area contributed by atoms with E-state index in [1.54, 1.807) is 12.4 Å². The lowest BCUT2D eigenvalue weighted by molar-refractivity contribution is 0.0940. The van der Waals surface area contributed by atoms with Gasteiger partial charge in [0.15, 0.2) is 0 Å². The highest BCUT2D eigenvalue weighted by Crippen LogP contribution is 2.23. The highest BCUT2D eigenvalue weighted by molar-refractivity contribution is 5.91. The highest BCUT2D eigenvalue weighted by atomic mass is 16.2. The van der Waals surface area contributed by atoms with E-state index in [2.05, 4.69) is 25.2 Å². The summed E-state index contributed by atoms with van der Waals surface area (Å²) < 4.78 is 0. The zero-order chi connectivity index (χ0) is 18.0. The van der Waals surface area contributed by atoms with Crippen LogP contribution in [0.25, 0.3) is 0 Å². The smallest absolute Gasteiger partial charge is 0.289 e. The van der Waals surface area contributed by atoms with E-state index < -0.39 is 0 Å². The Labute approximate surface area is 147 Å². The van der Waals surface area contributed by atoms with Crippen LogP contribution in [0.2, 0.25) is 0 Å². The quantitative estimate of drug-likeness (QED) is 0.870. The number of pyridine rings is 1. The molecule has 1 amide bonds. The summed E-state index contributed by atoms with van der Waals surface area (Å²) in [6.45, 7) is 7.89. The maximum absolute atomic E-state index is 12.5. The summed E-state index contributed by atoms with van der Waals surface area (Å²) in [7, 11) is 0. The van der Waals surface area contributed by atoms with Crippen molar-refractivity contribution in [1.29, 1.82) is 0 Å². The molecule has 0 bridgehead atoms. The van der Waals surface area contributed by atoms with Crippen molar-refractivity contribution in [3.05, 3.63) is 46.7 Å². The van der Waals surface area contributed by atoms with Crippen LogP contribution in [0.5, 0.6) is 0 Å². The van der Waals surface area contributed by atoms with Crippen molar-refractivity contribution in [3.8, 4) is 0 Å².